The van der Waals surface area contributed by atoms with Gasteiger partial charge >= 0.3 is 0 Å². The molecule has 0 bridgehead atoms. The molecule has 0 aliphatic heterocycles. The Bertz CT molecular complexity index is 2580. The number of para-hydroxylation sites is 2. The van der Waals surface area contributed by atoms with Gasteiger partial charge in [0.1, 0.15) is 0 Å². The van der Waals surface area contributed by atoms with Crippen molar-refractivity contribution in [3.63, 3.8) is 0 Å². The molecule has 2 aromatic heterocycles. The average molecular weight is 644 g/mol. The molecule has 0 radical (unpaired) electrons. The number of hydrogen-bond donors (Lipinski definition) is 0. The third-order valence-electron chi connectivity index (χ3n) is 8.83. The van der Waals surface area contributed by atoms with E-state index < -0.39 is 0 Å². The van der Waals surface area contributed by atoms with Gasteiger partial charge in [0.2, 0.25) is 11.8 Å². The van der Waals surface area contributed by atoms with E-state index in [1.807, 2.05) is 84.9 Å². The average Bonchev–Trinajstić information content (AvgIpc) is 3.69. The van der Waals surface area contributed by atoms with E-state index in [4.69, 9.17) is 14.4 Å². The van der Waals surface area contributed by atoms with Crippen LogP contribution in [-0.2, 0) is 0 Å². The van der Waals surface area contributed by atoms with Gasteiger partial charge in [-0.3, -0.25) is 0 Å². The minimum absolute atomic E-state index is 0.475. The van der Waals surface area contributed by atoms with Gasteiger partial charge < -0.3 is 9.32 Å². The predicted octanol–water partition coefficient (Wildman–Crippen LogP) is 11.3. The Labute approximate surface area is 289 Å². The summed E-state index contributed by atoms with van der Waals surface area (Å²) in [5, 5.41) is 11.0. The molecule has 6 heteroatoms. The Hall–Kier alpha value is -6.92. The molecule has 0 amide bonds. The molecule has 0 spiro atoms. The second-order valence-corrected chi connectivity index (χ2v) is 12.0. The van der Waals surface area contributed by atoms with E-state index in [-0.39, 0.29) is 0 Å². The Morgan fingerprint density at radius 3 is 1.40 bits per heavy atom. The number of hydrogen-bond acceptors (Lipinski definition) is 6. The third-order valence-corrected chi connectivity index (χ3v) is 8.83. The van der Waals surface area contributed by atoms with E-state index in [2.05, 4.69) is 106 Å². The SMILES string of the molecule is c1ccc(-c2nnc(-c3ccc(N(c4ccc(-c5nc6ccccc6nc5-c5ccccc5)cc4)c4ccc5ccccc5c4)cc3)o2)cc1. The first-order chi connectivity index (χ1) is 24.8. The molecule has 50 heavy (non-hydrogen) atoms. The van der Waals surface area contributed by atoms with Crippen molar-refractivity contribution in [2.24, 2.45) is 0 Å². The molecule has 236 valence electrons. The maximum absolute atomic E-state index is 6.05. The molecule has 0 fully saturated rings. The minimum Gasteiger partial charge on any atom is -0.416 e. The molecule has 6 nitrogen and oxygen atoms in total. The molecule has 7 aromatic carbocycles. The predicted molar refractivity (Wildman–Crippen MR) is 201 cm³/mol. The quantitative estimate of drug-likeness (QED) is 0.172. The van der Waals surface area contributed by atoms with Gasteiger partial charge in [0.25, 0.3) is 0 Å². The molecule has 0 saturated carbocycles. The second kappa shape index (κ2) is 12.6. The summed E-state index contributed by atoms with van der Waals surface area (Å²) < 4.78 is 6.05. The lowest BCUT2D eigenvalue weighted by molar-refractivity contribution is 0.584. The lowest BCUT2D eigenvalue weighted by Gasteiger charge is -2.26. The molecular formula is C44H29N5O. The highest BCUT2D eigenvalue weighted by Crippen LogP contribution is 2.39. The van der Waals surface area contributed by atoms with Crippen molar-refractivity contribution in [1.82, 2.24) is 20.2 Å². The zero-order valence-electron chi connectivity index (χ0n) is 26.9. The maximum atomic E-state index is 6.05. The fourth-order valence-corrected chi connectivity index (χ4v) is 6.32. The molecule has 0 saturated heterocycles. The molecule has 0 unspecified atom stereocenters. The summed E-state index contributed by atoms with van der Waals surface area (Å²) in [6.45, 7) is 0. The lowest BCUT2D eigenvalue weighted by Crippen LogP contribution is -2.10. The third kappa shape index (κ3) is 5.55. The van der Waals surface area contributed by atoms with Crippen LogP contribution in [-0.4, -0.2) is 20.2 Å². The van der Waals surface area contributed by atoms with Gasteiger partial charge in [-0.2, -0.15) is 0 Å². The van der Waals surface area contributed by atoms with E-state index in [1.165, 1.54) is 10.8 Å². The van der Waals surface area contributed by atoms with Crippen molar-refractivity contribution >= 4 is 38.9 Å². The van der Waals surface area contributed by atoms with E-state index >= 15 is 0 Å². The number of aromatic nitrogens is 4. The fraction of sp³-hybridized carbons (Fsp3) is 0. The maximum Gasteiger partial charge on any atom is 0.248 e. The minimum atomic E-state index is 0.475. The molecule has 2 heterocycles. The summed E-state index contributed by atoms with van der Waals surface area (Å²) in [7, 11) is 0. The van der Waals surface area contributed by atoms with Crippen LogP contribution in [0.2, 0.25) is 0 Å². The van der Waals surface area contributed by atoms with Gasteiger partial charge in [-0.25, -0.2) is 9.97 Å². The van der Waals surface area contributed by atoms with Crippen LogP contribution in [0.5, 0.6) is 0 Å². The molecule has 0 N–H and O–H groups in total. The van der Waals surface area contributed by atoms with Crippen LogP contribution in [0.3, 0.4) is 0 Å². The highest BCUT2D eigenvalue weighted by atomic mass is 16.4. The Morgan fingerprint density at radius 1 is 0.360 bits per heavy atom. The molecular weight excluding hydrogens is 615 g/mol. The summed E-state index contributed by atoms with van der Waals surface area (Å²) in [5.41, 5.74) is 10.2. The molecule has 0 atom stereocenters. The number of nitrogens with zero attached hydrogens (tertiary/aromatic N) is 5. The first kappa shape index (κ1) is 29.2. The highest BCUT2D eigenvalue weighted by molar-refractivity contribution is 5.90. The van der Waals surface area contributed by atoms with Gasteiger partial charge in [-0.15, -0.1) is 10.2 Å². The van der Waals surface area contributed by atoms with Crippen LogP contribution < -0.4 is 4.90 Å². The van der Waals surface area contributed by atoms with Crippen LogP contribution in [0.15, 0.2) is 180 Å². The Balaban J connectivity index is 1.12. The van der Waals surface area contributed by atoms with Crippen molar-refractivity contribution in [2.45, 2.75) is 0 Å². The fourth-order valence-electron chi connectivity index (χ4n) is 6.32. The van der Waals surface area contributed by atoms with Crippen molar-refractivity contribution in [1.29, 1.82) is 0 Å². The van der Waals surface area contributed by atoms with E-state index in [9.17, 15) is 0 Å². The van der Waals surface area contributed by atoms with Crippen molar-refractivity contribution in [3.05, 3.63) is 176 Å². The van der Waals surface area contributed by atoms with Gasteiger partial charge in [0.15, 0.2) is 0 Å². The molecule has 0 aliphatic carbocycles. The molecule has 9 aromatic rings. The number of anilines is 3. The van der Waals surface area contributed by atoms with Crippen molar-refractivity contribution < 1.29 is 4.42 Å². The smallest absolute Gasteiger partial charge is 0.248 e. The topological polar surface area (TPSA) is 67.9 Å². The zero-order chi connectivity index (χ0) is 33.3. The summed E-state index contributed by atoms with van der Waals surface area (Å²) in [5.74, 6) is 0.969. The van der Waals surface area contributed by atoms with Crippen LogP contribution >= 0.6 is 0 Å². The number of rotatable bonds is 7. The van der Waals surface area contributed by atoms with Crippen molar-refractivity contribution in [2.75, 3.05) is 4.90 Å². The Kier molecular flexibility index (Phi) is 7.37. The second-order valence-electron chi connectivity index (χ2n) is 12.0. The number of benzene rings is 7. The monoisotopic (exact) mass is 643 g/mol. The largest absolute Gasteiger partial charge is 0.416 e. The van der Waals surface area contributed by atoms with E-state index in [0.717, 1.165) is 61.7 Å². The summed E-state index contributed by atoms with van der Waals surface area (Å²) >= 11 is 0. The highest BCUT2D eigenvalue weighted by Gasteiger charge is 2.18. The van der Waals surface area contributed by atoms with Gasteiger partial charge in [0, 0.05) is 39.3 Å². The van der Waals surface area contributed by atoms with Gasteiger partial charge in [-0.05, 0) is 83.6 Å². The summed E-state index contributed by atoms with van der Waals surface area (Å²) in [6, 6.07) is 59.8. The number of fused-ring (bicyclic) bond motifs is 2. The zero-order valence-corrected chi connectivity index (χ0v) is 26.9. The van der Waals surface area contributed by atoms with Gasteiger partial charge in [-0.1, -0.05) is 103 Å². The van der Waals surface area contributed by atoms with Crippen LogP contribution in [0.1, 0.15) is 0 Å². The van der Waals surface area contributed by atoms with Gasteiger partial charge in [0.05, 0.1) is 22.4 Å². The standard InChI is InChI=1S/C44H29N5O/c1-3-12-31(13-4-1)41-42(46-40-18-10-9-17-39(40)45-41)32-20-24-36(25-21-32)49(38-28-19-30-11-7-8-16-35(30)29-38)37-26-22-34(23-27-37)44-48-47-43(50-44)33-14-5-2-6-15-33/h1-29H. The van der Waals surface area contributed by atoms with E-state index in [1.54, 1.807) is 0 Å². The van der Waals surface area contributed by atoms with Crippen molar-refractivity contribution in [3.8, 4) is 45.4 Å². The Morgan fingerprint density at radius 2 is 0.800 bits per heavy atom. The first-order valence-electron chi connectivity index (χ1n) is 16.5. The lowest BCUT2D eigenvalue weighted by atomic mass is 10.0. The summed E-state index contributed by atoms with van der Waals surface area (Å²) in [4.78, 5) is 12.4. The first-order valence-corrected chi connectivity index (χ1v) is 16.5. The van der Waals surface area contributed by atoms with E-state index in [0.29, 0.717) is 11.8 Å². The van der Waals surface area contributed by atoms with Crippen LogP contribution in [0.4, 0.5) is 17.1 Å². The van der Waals surface area contributed by atoms with Crippen LogP contribution in [0.25, 0.3) is 67.2 Å². The molecule has 9 rings (SSSR count). The summed E-state index contributed by atoms with van der Waals surface area (Å²) in [6.07, 6.45) is 0. The van der Waals surface area contributed by atoms with Crippen LogP contribution in [0, 0.1) is 0 Å². The normalized spacial score (nSPS) is 11.2. The molecule has 0 aliphatic rings.